The van der Waals surface area contributed by atoms with Gasteiger partial charge in [0.05, 0.1) is 0 Å². The fourth-order valence-electron chi connectivity index (χ4n) is 2.81. The zero-order chi connectivity index (χ0) is 11.7. The summed E-state index contributed by atoms with van der Waals surface area (Å²) in [5, 5.41) is 6.43. The molecule has 1 amide bonds. The van der Waals surface area contributed by atoms with E-state index in [4.69, 9.17) is 0 Å². The molecule has 0 radical (unpaired) electrons. The van der Waals surface area contributed by atoms with Crippen molar-refractivity contribution in [3.8, 4) is 0 Å². The lowest BCUT2D eigenvalue weighted by Gasteiger charge is -2.37. The maximum atomic E-state index is 11.1. The minimum Gasteiger partial charge on any atom is -0.354 e. The molecule has 1 saturated heterocycles. The van der Waals surface area contributed by atoms with E-state index in [1.807, 2.05) is 0 Å². The first kappa shape index (κ1) is 10.8. The van der Waals surface area contributed by atoms with E-state index in [1.54, 1.807) is 0 Å². The summed E-state index contributed by atoms with van der Waals surface area (Å²) in [6.07, 6.45) is 3.05. The summed E-state index contributed by atoms with van der Waals surface area (Å²) in [6.45, 7) is 0.797. The number of benzene rings is 1. The van der Waals surface area contributed by atoms with Crippen LogP contribution in [0.3, 0.4) is 0 Å². The normalized spacial score (nSPS) is 32.0. The maximum absolute atomic E-state index is 11.1. The SMILES string of the molecule is O=C1CC(NC2CC(c3ccccc3)C2)CN1. The Morgan fingerprint density at radius 2 is 1.88 bits per heavy atom. The second-order valence-corrected chi connectivity index (χ2v) is 5.15. The maximum Gasteiger partial charge on any atom is 0.221 e. The Morgan fingerprint density at radius 3 is 2.53 bits per heavy atom. The van der Waals surface area contributed by atoms with Crippen LogP contribution in [0.25, 0.3) is 0 Å². The summed E-state index contributed by atoms with van der Waals surface area (Å²) in [6, 6.07) is 11.6. The van der Waals surface area contributed by atoms with Crippen LogP contribution in [0, 0.1) is 0 Å². The van der Waals surface area contributed by atoms with Crippen molar-refractivity contribution in [2.45, 2.75) is 37.3 Å². The molecule has 1 unspecified atom stereocenters. The Balaban J connectivity index is 1.47. The molecule has 1 aliphatic heterocycles. The second kappa shape index (κ2) is 4.49. The van der Waals surface area contributed by atoms with Crippen molar-refractivity contribution >= 4 is 5.91 Å². The van der Waals surface area contributed by atoms with Crippen LogP contribution in [0.4, 0.5) is 0 Å². The molecule has 17 heavy (non-hydrogen) atoms. The van der Waals surface area contributed by atoms with E-state index in [-0.39, 0.29) is 5.91 Å². The van der Waals surface area contributed by atoms with E-state index in [1.165, 1.54) is 18.4 Å². The average Bonchev–Trinajstić information content (AvgIpc) is 2.70. The van der Waals surface area contributed by atoms with Gasteiger partial charge in [0, 0.05) is 25.0 Å². The van der Waals surface area contributed by atoms with Gasteiger partial charge in [-0.05, 0) is 24.3 Å². The lowest BCUT2D eigenvalue weighted by atomic mass is 9.75. The van der Waals surface area contributed by atoms with Gasteiger partial charge < -0.3 is 10.6 Å². The van der Waals surface area contributed by atoms with Crippen molar-refractivity contribution in [1.82, 2.24) is 10.6 Å². The molecule has 2 N–H and O–H groups in total. The fourth-order valence-corrected chi connectivity index (χ4v) is 2.81. The Morgan fingerprint density at radius 1 is 1.12 bits per heavy atom. The first-order valence-corrected chi connectivity index (χ1v) is 6.39. The van der Waals surface area contributed by atoms with E-state index >= 15 is 0 Å². The molecule has 1 heterocycles. The summed E-state index contributed by atoms with van der Waals surface area (Å²) in [4.78, 5) is 11.1. The lowest BCUT2D eigenvalue weighted by molar-refractivity contribution is -0.119. The van der Waals surface area contributed by atoms with E-state index in [9.17, 15) is 4.79 Å². The summed E-state index contributed by atoms with van der Waals surface area (Å²) < 4.78 is 0. The smallest absolute Gasteiger partial charge is 0.221 e. The number of hydrogen-bond donors (Lipinski definition) is 2. The lowest BCUT2D eigenvalue weighted by Crippen LogP contribution is -2.46. The molecule has 3 heteroatoms. The third-order valence-corrected chi connectivity index (χ3v) is 3.86. The van der Waals surface area contributed by atoms with Crippen LogP contribution in [0.1, 0.15) is 30.7 Å². The number of nitrogens with one attached hydrogen (secondary N) is 2. The van der Waals surface area contributed by atoms with Gasteiger partial charge in [-0.15, -0.1) is 0 Å². The van der Waals surface area contributed by atoms with E-state index < -0.39 is 0 Å². The summed E-state index contributed by atoms with van der Waals surface area (Å²) in [7, 11) is 0. The summed E-state index contributed by atoms with van der Waals surface area (Å²) in [5.74, 6) is 0.889. The molecule has 1 aliphatic carbocycles. The highest BCUT2D eigenvalue weighted by atomic mass is 16.1. The van der Waals surface area contributed by atoms with Gasteiger partial charge >= 0.3 is 0 Å². The van der Waals surface area contributed by atoms with Gasteiger partial charge in [-0.1, -0.05) is 30.3 Å². The predicted octanol–water partition coefficient (Wildman–Crippen LogP) is 1.41. The van der Waals surface area contributed by atoms with Crippen LogP contribution < -0.4 is 10.6 Å². The quantitative estimate of drug-likeness (QED) is 0.824. The van der Waals surface area contributed by atoms with E-state index in [0.717, 1.165) is 6.54 Å². The predicted molar refractivity (Wildman–Crippen MR) is 66.8 cm³/mol. The van der Waals surface area contributed by atoms with Crippen molar-refractivity contribution in [3.63, 3.8) is 0 Å². The molecule has 2 aliphatic rings. The van der Waals surface area contributed by atoms with Gasteiger partial charge in [0.1, 0.15) is 0 Å². The third kappa shape index (κ3) is 2.34. The van der Waals surface area contributed by atoms with Crippen LogP contribution in [-0.2, 0) is 4.79 Å². The molecule has 0 spiro atoms. The molecule has 1 aromatic rings. The third-order valence-electron chi connectivity index (χ3n) is 3.86. The highest BCUT2D eigenvalue weighted by Gasteiger charge is 2.33. The number of hydrogen-bond acceptors (Lipinski definition) is 2. The van der Waals surface area contributed by atoms with Crippen molar-refractivity contribution in [3.05, 3.63) is 35.9 Å². The average molecular weight is 230 g/mol. The number of carbonyl (C=O) groups is 1. The van der Waals surface area contributed by atoms with Crippen LogP contribution in [-0.4, -0.2) is 24.5 Å². The van der Waals surface area contributed by atoms with Gasteiger partial charge in [-0.25, -0.2) is 0 Å². The Kier molecular flexibility index (Phi) is 2.85. The molecular weight excluding hydrogens is 212 g/mol. The highest BCUT2D eigenvalue weighted by Crippen LogP contribution is 2.37. The van der Waals surface area contributed by atoms with Gasteiger partial charge in [-0.3, -0.25) is 4.79 Å². The molecule has 3 rings (SSSR count). The topological polar surface area (TPSA) is 41.1 Å². The first-order valence-electron chi connectivity index (χ1n) is 6.39. The fraction of sp³-hybridized carbons (Fsp3) is 0.500. The van der Waals surface area contributed by atoms with Crippen molar-refractivity contribution in [2.24, 2.45) is 0 Å². The standard InChI is InChI=1S/C14H18N2O/c17-14-8-13(9-15-14)16-12-6-11(7-12)10-4-2-1-3-5-10/h1-5,11-13,16H,6-9H2,(H,15,17). The zero-order valence-electron chi connectivity index (χ0n) is 9.86. The van der Waals surface area contributed by atoms with Crippen molar-refractivity contribution in [2.75, 3.05) is 6.54 Å². The Labute approximate surface area is 102 Å². The Bertz CT molecular complexity index is 398. The number of amides is 1. The molecule has 3 nitrogen and oxygen atoms in total. The molecule has 0 aromatic heterocycles. The van der Waals surface area contributed by atoms with Crippen molar-refractivity contribution in [1.29, 1.82) is 0 Å². The van der Waals surface area contributed by atoms with Gasteiger partial charge in [0.15, 0.2) is 0 Å². The molecule has 90 valence electrons. The minimum atomic E-state index is 0.182. The van der Waals surface area contributed by atoms with Gasteiger partial charge in [-0.2, -0.15) is 0 Å². The molecular formula is C14H18N2O. The molecule has 1 atom stereocenters. The van der Waals surface area contributed by atoms with E-state index in [2.05, 4.69) is 41.0 Å². The number of carbonyl (C=O) groups excluding carboxylic acids is 1. The van der Waals surface area contributed by atoms with Crippen molar-refractivity contribution < 1.29 is 4.79 Å². The minimum absolute atomic E-state index is 0.182. The second-order valence-electron chi connectivity index (χ2n) is 5.15. The van der Waals surface area contributed by atoms with E-state index in [0.29, 0.717) is 24.4 Å². The van der Waals surface area contributed by atoms with Crippen LogP contribution in [0.2, 0.25) is 0 Å². The Hall–Kier alpha value is -1.35. The first-order chi connectivity index (χ1) is 8.31. The summed E-state index contributed by atoms with van der Waals surface area (Å²) >= 11 is 0. The van der Waals surface area contributed by atoms with Gasteiger partial charge in [0.25, 0.3) is 0 Å². The van der Waals surface area contributed by atoms with Gasteiger partial charge in [0.2, 0.25) is 5.91 Å². The molecule has 1 aromatic carbocycles. The molecule has 2 fully saturated rings. The largest absolute Gasteiger partial charge is 0.354 e. The number of rotatable bonds is 3. The summed E-state index contributed by atoms with van der Waals surface area (Å²) in [5.41, 5.74) is 1.45. The van der Waals surface area contributed by atoms with Crippen LogP contribution >= 0.6 is 0 Å². The molecule has 1 saturated carbocycles. The van der Waals surface area contributed by atoms with Crippen LogP contribution in [0.5, 0.6) is 0 Å². The van der Waals surface area contributed by atoms with Crippen LogP contribution in [0.15, 0.2) is 30.3 Å². The monoisotopic (exact) mass is 230 g/mol. The highest BCUT2D eigenvalue weighted by molar-refractivity contribution is 5.78. The molecule has 0 bridgehead atoms. The zero-order valence-corrected chi connectivity index (χ0v) is 9.86.